The van der Waals surface area contributed by atoms with Crippen LogP contribution in [0.4, 0.5) is 0 Å². The van der Waals surface area contributed by atoms with Crippen LogP contribution < -0.4 is 0 Å². The number of nitriles is 1. The lowest BCUT2D eigenvalue weighted by molar-refractivity contribution is 0.667. The molecule has 0 saturated carbocycles. The summed E-state index contributed by atoms with van der Waals surface area (Å²) in [7, 11) is 0. The van der Waals surface area contributed by atoms with Crippen LogP contribution in [0.15, 0.2) is 229 Å². The summed E-state index contributed by atoms with van der Waals surface area (Å²) in [6.07, 6.45) is 0. The van der Waals surface area contributed by atoms with Crippen LogP contribution in [-0.2, 0) is 0 Å². The molecule has 0 amide bonds. The molecule has 0 aliphatic heterocycles. The van der Waals surface area contributed by atoms with Gasteiger partial charge >= 0.3 is 0 Å². The Morgan fingerprint density at radius 3 is 1.06 bits per heavy atom. The predicted molar refractivity (Wildman–Crippen MR) is 269 cm³/mol. The van der Waals surface area contributed by atoms with Crippen molar-refractivity contribution >= 4 is 65.6 Å². The molecule has 0 fully saturated rings. The first kappa shape index (κ1) is 36.7. The summed E-state index contributed by atoms with van der Waals surface area (Å²) >= 11 is 0. The lowest BCUT2D eigenvalue weighted by Crippen LogP contribution is -2.03. The maximum atomic E-state index is 11.4. The van der Waals surface area contributed by atoms with Gasteiger partial charge in [0.15, 0.2) is 5.58 Å². The van der Waals surface area contributed by atoms with Gasteiger partial charge in [-0.3, -0.25) is 0 Å². The average Bonchev–Trinajstić information content (AvgIpc) is 4.04. The summed E-state index contributed by atoms with van der Waals surface area (Å²) in [4.78, 5) is 0. The quantitative estimate of drug-likeness (QED) is 0.168. The molecule has 302 valence electrons. The highest BCUT2D eigenvalue weighted by Gasteiger charge is 2.26. The van der Waals surface area contributed by atoms with Crippen LogP contribution in [-0.4, -0.2) is 9.13 Å². The van der Waals surface area contributed by atoms with E-state index in [9.17, 15) is 5.26 Å². The standard InChI is InChI=1S/C61H37N3O/c62-38-52-57(63-53-29-25-43(39-15-5-1-6-16-39)33-48(53)49-34-44(26-30-54(49)63)40-17-7-2-8-18-40)37-58(60-47-23-13-14-24-59(47)65-61(52)60)64-55-31-27-45(41-19-9-3-10-20-41)35-50(55)51-36-46(28-32-56(51)64)42-21-11-4-12-22-42/h1-37H. The Kier molecular flexibility index (Phi) is 8.24. The minimum Gasteiger partial charge on any atom is -0.454 e. The zero-order valence-electron chi connectivity index (χ0n) is 35.1. The number of para-hydroxylation sites is 1. The third-order valence-corrected chi connectivity index (χ3v) is 13.2. The summed E-state index contributed by atoms with van der Waals surface area (Å²) in [5.74, 6) is 0. The van der Waals surface area contributed by atoms with E-state index in [-0.39, 0.29) is 0 Å². The maximum absolute atomic E-state index is 11.4. The van der Waals surface area contributed by atoms with Crippen LogP contribution in [0.25, 0.3) is 121 Å². The van der Waals surface area contributed by atoms with E-state index in [1.807, 2.05) is 18.2 Å². The first-order valence-corrected chi connectivity index (χ1v) is 22.0. The number of hydrogen-bond acceptors (Lipinski definition) is 2. The number of rotatable bonds is 6. The molecule has 4 nitrogen and oxygen atoms in total. The molecule has 0 atom stereocenters. The minimum atomic E-state index is 0.483. The normalized spacial score (nSPS) is 11.7. The molecule has 0 aliphatic carbocycles. The largest absolute Gasteiger partial charge is 0.454 e. The van der Waals surface area contributed by atoms with E-state index in [1.165, 1.54) is 0 Å². The molecule has 3 aromatic heterocycles. The fourth-order valence-electron chi connectivity index (χ4n) is 10.1. The Balaban J connectivity index is 1.15. The monoisotopic (exact) mass is 827 g/mol. The van der Waals surface area contributed by atoms with Crippen LogP contribution in [0.1, 0.15) is 5.56 Å². The molecule has 0 N–H and O–H groups in total. The molecule has 0 saturated heterocycles. The molecule has 0 aliphatic rings. The third-order valence-electron chi connectivity index (χ3n) is 13.2. The zero-order valence-corrected chi connectivity index (χ0v) is 35.1. The predicted octanol–water partition coefficient (Wildman–Crippen LogP) is 16.3. The first-order valence-electron chi connectivity index (χ1n) is 22.0. The lowest BCUT2D eigenvalue weighted by atomic mass is 10.0. The van der Waals surface area contributed by atoms with Gasteiger partial charge in [0.1, 0.15) is 17.2 Å². The molecule has 13 aromatic rings. The summed E-state index contributed by atoms with van der Waals surface area (Å²) in [5.41, 5.74) is 16.8. The minimum absolute atomic E-state index is 0.483. The van der Waals surface area contributed by atoms with Gasteiger partial charge in [0.2, 0.25) is 0 Å². The highest BCUT2D eigenvalue weighted by atomic mass is 16.3. The molecule has 0 radical (unpaired) electrons. The van der Waals surface area contributed by atoms with Crippen molar-refractivity contribution in [2.75, 3.05) is 0 Å². The topological polar surface area (TPSA) is 46.8 Å². The van der Waals surface area contributed by atoms with Gasteiger partial charge in [-0.1, -0.05) is 164 Å². The summed E-state index contributed by atoms with van der Waals surface area (Å²) in [5, 5.41) is 17.7. The molecule has 0 unspecified atom stereocenters. The van der Waals surface area contributed by atoms with Gasteiger partial charge in [-0.05, 0) is 105 Å². The molecule has 4 heteroatoms. The van der Waals surface area contributed by atoms with Crippen molar-refractivity contribution in [1.82, 2.24) is 9.13 Å². The van der Waals surface area contributed by atoms with E-state index in [4.69, 9.17) is 4.42 Å². The second kappa shape index (κ2) is 14.6. The smallest absolute Gasteiger partial charge is 0.157 e. The van der Waals surface area contributed by atoms with Crippen LogP contribution in [0.3, 0.4) is 0 Å². The number of hydrogen-bond donors (Lipinski definition) is 0. The van der Waals surface area contributed by atoms with Gasteiger partial charge < -0.3 is 13.6 Å². The average molecular weight is 828 g/mol. The van der Waals surface area contributed by atoms with Crippen molar-refractivity contribution in [3.63, 3.8) is 0 Å². The summed E-state index contributed by atoms with van der Waals surface area (Å²) in [6.45, 7) is 0. The van der Waals surface area contributed by atoms with Gasteiger partial charge in [-0.2, -0.15) is 5.26 Å². The second-order valence-electron chi connectivity index (χ2n) is 16.8. The van der Waals surface area contributed by atoms with E-state index in [2.05, 4.69) is 221 Å². The van der Waals surface area contributed by atoms with E-state index in [0.29, 0.717) is 11.1 Å². The van der Waals surface area contributed by atoms with Crippen molar-refractivity contribution in [2.24, 2.45) is 0 Å². The molecule has 10 aromatic carbocycles. The van der Waals surface area contributed by atoms with Gasteiger partial charge in [-0.15, -0.1) is 0 Å². The molecule has 65 heavy (non-hydrogen) atoms. The van der Waals surface area contributed by atoms with Crippen molar-refractivity contribution in [3.8, 4) is 62.0 Å². The molecular weight excluding hydrogens is 791 g/mol. The van der Waals surface area contributed by atoms with Gasteiger partial charge in [-0.25, -0.2) is 0 Å². The van der Waals surface area contributed by atoms with E-state index >= 15 is 0 Å². The van der Waals surface area contributed by atoms with Crippen LogP contribution in [0.2, 0.25) is 0 Å². The molecule has 3 heterocycles. The summed E-state index contributed by atoms with van der Waals surface area (Å²) < 4.78 is 11.5. The number of furan rings is 1. The highest BCUT2D eigenvalue weighted by molar-refractivity contribution is 6.18. The summed E-state index contributed by atoms with van der Waals surface area (Å²) in [6, 6.07) is 82.3. The SMILES string of the molecule is N#Cc1c(-n2c3ccc(-c4ccccc4)cc3c3cc(-c4ccccc4)ccc32)cc(-n2c3ccc(-c4ccccc4)cc3c3cc(-c4ccccc4)ccc32)c2c1oc1ccccc12. The van der Waals surface area contributed by atoms with Crippen molar-refractivity contribution in [1.29, 1.82) is 5.26 Å². The van der Waals surface area contributed by atoms with Crippen molar-refractivity contribution in [3.05, 3.63) is 230 Å². The fourth-order valence-corrected chi connectivity index (χ4v) is 10.1. The van der Waals surface area contributed by atoms with E-state index in [1.54, 1.807) is 0 Å². The van der Waals surface area contributed by atoms with Crippen molar-refractivity contribution < 1.29 is 4.42 Å². The Hall–Kier alpha value is -8.91. The van der Waals surface area contributed by atoms with Crippen LogP contribution in [0, 0.1) is 11.3 Å². The molecule has 0 spiro atoms. The lowest BCUT2D eigenvalue weighted by Gasteiger charge is -2.16. The van der Waals surface area contributed by atoms with E-state index < -0.39 is 0 Å². The van der Waals surface area contributed by atoms with Gasteiger partial charge in [0.25, 0.3) is 0 Å². The molecule has 13 rings (SSSR count). The van der Waals surface area contributed by atoms with Crippen LogP contribution >= 0.6 is 0 Å². The van der Waals surface area contributed by atoms with Gasteiger partial charge in [0.05, 0.1) is 38.8 Å². The number of benzene rings is 10. The second-order valence-corrected chi connectivity index (χ2v) is 16.8. The number of aromatic nitrogens is 2. The molecular formula is C61H37N3O. The Morgan fingerprint density at radius 2 is 0.677 bits per heavy atom. The Labute approximate surface area is 374 Å². The van der Waals surface area contributed by atoms with E-state index in [0.717, 1.165) is 116 Å². The molecule has 0 bridgehead atoms. The maximum Gasteiger partial charge on any atom is 0.157 e. The Morgan fingerprint density at radius 1 is 0.323 bits per heavy atom. The number of fused-ring (bicyclic) bond motifs is 9. The number of nitrogens with zero attached hydrogens (tertiary/aromatic N) is 3. The first-order chi connectivity index (χ1) is 32.2. The fraction of sp³-hybridized carbons (Fsp3) is 0. The third kappa shape index (κ3) is 5.77. The highest BCUT2D eigenvalue weighted by Crippen LogP contribution is 2.45. The van der Waals surface area contributed by atoms with Crippen molar-refractivity contribution in [2.45, 2.75) is 0 Å². The Bertz CT molecular complexity index is 3850. The van der Waals surface area contributed by atoms with Crippen LogP contribution in [0.5, 0.6) is 0 Å². The van der Waals surface area contributed by atoms with Gasteiger partial charge in [0, 0.05) is 26.9 Å². The zero-order chi connectivity index (χ0) is 43.0.